The van der Waals surface area contributed by atoms with Crippen molar-refractivity contribution in [3.8, 4) is 12.3 Å². The average molecular weight is 223 g/mol. The summed E-state index contributed by atoms with van der Waals surface area (Å²) >= 11 is 0. The SMILES string of the molecule is C#CC(CCCC)CCCCCC(C)(C)N. The van der Waals surface area contributed by atoms with Gasteiger partial charge in [-0.2, -0.15) is 0 Å². The topological polar surface area (TPSA) is 26.0 Å². The Kier molecular flexibility index (Phi) is 8.39. The Bertz CT molecular complexity index is 194. The van der Waals surface area contributed by atoms with Gasteiger partial charge in [-0.05, 0) is 33.1 Å². The van der Waals surface area contributed by atoms with Crippen molar-refractivity contribution < 1.29 is 0 Å². The van der Waals surface area contributed by atoms with Gasteiger partial charge in [0.25, 0.3) is 0 Å². The molecular formula is C15H29N. The van der Waals surface area contributed by atoms with E-state index in [1.807, 2.05) is 0 Å². The molecule has 0 radical (unpaired) electrons. The first-order valence-electron chi connectivity index (χ1n) is 6.74. The van der Waals surface area contributed by atoms with Gasteiger partial charge < -0.3 is 5.73 Å². The lowest BCUT2D eigenvalue weighted by atomic mass is 9.94. The zero-order valence-electron chi connectivity index (χ0n) is 11.4. The van der Waals surface area contributed by atoms with E-state index in [1.165, 1.54) is 44.9 Å². The highest BCUT2D eigenvalue weighted by Gasteiger charge is 2.09. The van der Waals surface area contributed by atoms with Crippen molar-refractivity contribution in [2.45, 2.75) is 77.7 Å². The second-order valence-electron chi connectivity index (χ2n) is 5.59. The van der Waals surface area contributed by atoms with Crippen LogP contribution in [0.15, 0.2) is 0 Å². The van der Waals surface area contributed by atoms with Crippen molar-refractivity contribution >= 4 is 0 Å². The number of rotatable bonds is 9. The van der Waals surface area contributed by atoms with E-state index >= 15 is 0 Å². The minimum absolute atomic E-state index is 0.00622. The van der Waals surface area contributed by atoms with Gasteiger partial charge in [0, 0.05) is 11.5 Å². The van der Waals surface area contributed by atoms with Crippen molar-refractivity contribution in [1.82, 2.24) is 0 Å². The Morgan fingerprint density at radius 2 is 1.75 bits per heavy atom. The molecule has 1 unspecified atom stereocenters. The second-order valence-corrected chi connectivity index (χ2v) is 5.59. The molecule has 0 amide bonds. The van der Waals surface area contributed by atoms with Gasteiger partial charge in [0.1, 0.15) is 0 Å². The predicted molar refractivity (Wildman–Crippen MR) is 73.2 cm³/mol. The zero-order valence-corrected chi connectivity index (χ0v) is 11.4. The summed E-state index contributed by atoms with van der Waals surface area (Å²) in [6.07, 6.45) is 15.3. The molecule has 1 atom stereocenters. The Hall–Kier alpha value is -0.480. The maximum absolute atomic E-state index is 5.94. The maximum atomic E-state index is 5.94. The van der Waals surface area contributed by atoms with Crippen LogP contribution < -0.4 is 5.73 Å². The zero-order chi connectivity index (χ0) is 12.4. The van der Waals surface area contributed by atoms with Gasteiger partial charge in [-0.1, -0.05) is 39.0 Å². The van der Waals surface area contributed by atoms with Crippen molar-refractivity contribution in [2.75, 3.05) is 0 Å². The molecule has 94 valence electrons. The summed E-state index contributed by atoms with van der Waals surface area (Å²) in [7, 11) is 0. The molecule has 2 N–H and O–H groups in total. The van der Waals surface area contributed by atoms with Crippen LogP contribution in [0.5, 0.6) is 0 Å². The van der Waals surface area contributed by atoms with E-state index in [-0.39, 0.29) is 5.54 Å². The number of terminal acetylenes is 1. The van der Waals surface area contributed by atoms with Crippen LogP contribution in [0.25, 0.3) is 0 Å². The summed E-state index contributed by atoms with van der Waals surface area (Å²) in [4.78, 5) is 0. The van der Waals surface area contributed by atoms with E-state index in [1.54, 1.807) is 0 Å². The van der Waals surface area contributed by atoms with Crippen LogP contribution in [0.4, 0.5) is 0 Å². The summed E-state index contributed by atoms with van der Waals surface area (Å²) in [6, 6.07) is 0. The molecular weight excluding hydrogens is 194 g/mol. The predicted octanol–water partition coefficient (Wildman–Crippen LogP) is 4.11. The van der Waals surface area contributed by atoms with E-state index in [2.05, 4.69) is 26.7 Å². The quantitative estimate of drug-likeness (QED) is 0.462. The number of nitrogens with two attached hydrogens (primary N) is 1. The average Bonchev–Trinajstić information content (AvgIpc) is 2.20. The molecule has 0 aromatic rings. The summed E-state index contributed by atoms with van der Waals surface area (Å²) < 4.78 is 0. The molecule has 0 fully saturated rings. The Balaban J connectivity index is 3.46. The number of hydrogen-bond acceptors (Lipinski definition) is 1. The first-order valence-corrected chi connectivity index (χ1v) is 6.74. The lowest BCUT2D eigenvalue weighted by Crippen LogP contribution is -2.31. The van der Waals surface area contributed by atoms with E-state index in [9.17, 15) is 0 Å². The van der Waals surface area contributed by atoms with Gasteiger partial charge in [-0.3, -0.25) is 0 Å². The molecule has 0 saturated carbocycles. The summed E-state index contributed by atoms with van der Waals surface area (Å²) in [5.41, 5.74) is 5.93. The third-order valence-electron chi connectivity index (χ3n) is 3.02. The summed E-state index contributed by atoms with van der Waals surface area (Å²) in [5, 5.41) is 0. The normalized spacial score (nSPS) is 13.4. The minimum atomic E-state index is -0.00622. The lowest BCUT2D eigenvalue weighted by Gasteiger charge is -2.18. The fourth-order valence-corrected chi connectivity index (χ4v) is 1.91. The fourth-order valence-electron chi connectivity index (χ4n) is 1.91. The van der Waals surface area contributed by atoms with Crippen molar-refractivity contribution in [2.24, 2.45) is 11.7 Å². The first kappa shape index (κ1) is 15.5. The molecule has 0 heterocycles. The van der Waals surface area contributed by atoms with Crippen LogP contribution in [0.2, 0.25) is 0 Å². The second kappa shape index (κ2) is 8.65. The Morgan fingerprint density at radius 3 is 2.25 bits per heavy atom. The van der Waals surface area contributed by atoms with Crippen molar-refractivity contribution in [3.63, 3.8) is 0 Å². The molecule has 0 saturated heterocycles. The van der Waals surface area contributed by atoms with Crippen molar-refractivity contribution in [3.05, 3.63) is 0 Å². The number of hydrogen-bond donors (Lipinski definition) is 1. The van der Waals surface area contributed by atoms with Gasteiger partial charge in [0.05, 0.1) is 0 Å². The smallest absolute Gasteiger partial charge is 0.0200 e. The van der Waals surface area contributed by atoms with E-state index in [0.717, 1.165) is 6.42 Å². The molecule has 16 heavy (non-hydrogen) atoms. The van der Waals surface area contributed by atoms with E-state index in [4.69, 9.17) is 12.2 Å². The molecule has 1 heteroatoms. The van der Waals surface area contributed by atoms with Crippen LogP contribution in [0, 0.1) is 18.3 Å². The third kappa shape index (κ3) is 10.1. The van der Waals surface area contributed by atoms with Gasteiger partial charge in [0.2, 0.25) is 0 Å². The lowest BCUT2D eigenvalue weighted by molar-refractivity contribution is 0.430. The van der Waals surface area contributed by atoms with Gasteiger partial charge in [-0.25, -0.2) is 0 Å². The minimum Gasteiger partial charge on any atom is -0.326 e. The molecule has 0 aliphatic carbocycles. The highest BCUT2D eigenvalue weighted by molar-refractivity contribution is 4.92. The highest BCUT2D eigenvalue weighted by Crippen LogP contribution is 2.17. The molecule has 0 bridgehead atoms. The third-order valence-corrected chi connectivity index (χ3v) is 3.02. The highest BCUT2D eigenvalue weighted by atomic mass is 14.7. The van der Waals surface area contributed by atoms with Gasteiger partial charge >= 0.3 is 0 Å². The summed E-state index contributed by atoms with van der Waals surface area (Å²) in [5.74, 6) is 3.42. The molecule has 0 aromatic heterocycles. The van der Waals surface area contributed by atoms with Crippen LogP contribution in [0.1, 0.15) is 72.1 Å². The molecule has 0 rings (SSSR count). The van der Waals surface area contributed by atoms with Crippen molar-refractivity contribution in [1.29, 1.82) is 0 Å². The molecule has 0 aliphatic heterocycles. The Labute approximate surface area is 102 Å². The summed E-state index contributed by atoms with van der Waals surface area (Å²) in [6.45, 7) is 6.41. The number of unbranched alkanes of at least 4 members (excludes halogenated alkanes) is 3. The standard InChI is InChI=1S/C15H29N/c1-5-7-11-14(6-2)12-9-8-10-13-15(3,4)16/h2,14H,5,7-13,16H2,1,3-4H3. The maximum Gasteiger partial charge on any atom is 0.0200 e. The van der Waals surface area contributed by atoms with Crippen LogP contribution in [-0.4, -0.2) is 5.54 Å². The van der Waals surface area contributed by atoms with Gasteiger partial charge in [0.15, 0.2) is 0 Å². The first-order chi connectivity index (χ1) is 7.49. The van der Waals surface area contributed by atoms with Gasteiger partial charge in [-0.15, -0.1) is 12.3 Å². The van der Waals surface area contributed by atoms with Crippen LogP contribution in [0.3, 0.4) is 0 Å². The van der Waals surface area contributed by atoms with Crippen LogP contribution >= 0.6 is 0 Å². The monoisotopic (exact) mass is 223 g/mol. The van der Waals surface area contributed by atoms with E-state index in [0.29, 0.717) is 5.92 Å². The Morgan fingerprint density at radius 1 is 1.12 bits per heavy atom. The molecule has 0 aromatic carbocycles. The molecule has 0 spiro atoms. The fraction of sp³-hybridized carbons (Fsp3) is 0.867. The molecule has 0 aliphatic rings. The van der Waals surface area contributed by atoms with Crippen LogP contribution in [-0.2, 0) is 0 Å². The molecule has 1 nitrogen and oxygen atoms in total. The largest absolute Gasteiger partial charge is 0.326 e. The van der Waals surface area contributed by atoms with E-state index < -0.39 is 0 Å².